The normalized spacial score (nSPS) is 22.1. The van der Waals surface area contributed by atoms with Gasteiger partial charge in [-0.1, -0.05) is 80.1 Å². The van der Waals surface area contributed by atoms with Crippen LogP contribution in [0.4, 0.5) is 5.69 Å². The van der Waals surface area contributed by atoms with Gasteiger partial charge in [-0.25, -0.2) is 0 Å². The maximum atomic E-state index is 14.1. The van der Waals surface area contributed by atoms with Crippen LogP contribution in [0.1, 0.15) is 64.5 Å². The van der Waals surface area contributed by atoms with Crippen molar-refractivity contribution in [3.8, 4) is 0 Å². The van der Waals surface area contributed by atoms with Crippen LogP contribution in [0, 0.1) is 0 Å². The molecular weight excluding hydrogens is 615 g/mol. The molecule has 0 bridgehead atoms. The molecule has 0 saturated carbocycles. The lowest BCUT2D eigenvalue weighted by Crippen LogP contribution is -2.64. The molecule has 2 heterocycles. The fraction of sp³-hybridized carbons (Fsp3) is 0.500. The van der Waals surface area contributed by atoms with Crippen molar-refractivity contribution >= 4 is 54.7 Å². The standard InChI is InChI=1S/C28H30Cl2N2O4.C6H16OSi/c1-6-16(2)25-28(20-11-10-19(30)13-22(20)31-26(28)35)21(17-8-7-9-18(29)12-17)14-23(33)32(25)15-24(34)36-27(3,4)5;1-6(7-2)8(3,4)5/h7-13,21,25H,2,6,14-15H2,1,3-5H3,(H,31,35);6H,1-5H3/t21-,25+,28-;/m0./s1. The summed E-state index contributed by atoms with van der Waals surface area (Å²) in [4.78, 5) is 42.2. The maximum Gasteiger partial charge on any atom is 0.326 e. The third-order valence-corrected chi connectivity index (χ3v) is 11.6. The molecule has 4 atom stereocenters. The number of rotatable bonds is 7. The molecule has 2 amide bonds. The summed E-state index contributed by atoms with van der Waals surface area (Å²) in [5.74, 6) is -1.62. The second-order valence-electron chi connectivity index (χ2n) is 13.6. The molecule has 2 aromatic carbocycles. The number of anilines is 1. The summed E-state index contributed by atoms with van der Waals surface area (Å²) >= 11 is 12.6. The van der Waals surface area contributed by atoms with E-state index in [0.29, 0.717) is 39.0 Å². The number of likely N-dealkylation sites (tertiary alicyclic amines) is 1. The number of benzene rings is 2. The number of carbonyl (C=O) groups excluding carboxylic acids is 3. The van der Waals surface area contributed by atoms with E-state index in [4.69, 9.17) is 32.7 Å². The van der Waals surface area contributed by atoms with E-state index in [1.54, 1.807) is 52.1 Å². The molecule has 2 aliphatic heterocycles. The van der Waals surface area contributed by atoms with Crippen molar-refractivity contribution in [2.24, 2.45) is 0 Å². The Morgan fingerprint density at radius 3 is 2.30 bits per heavy atom. The topological polar surface area (TPSA) is 84.9 Å². The molecule has 1 unspecified atom stereocenters. The Hall–Kier alpha value is -2.65. The first kappa shape index (κ1) is 35.8. The van der Waals surface area contributed by atoms with Gasteiger partial charge < -0.3 is 19.7 Å². The minimum Gasteiger partial charge on any atom is -0.459 e. The van der Waals surface area contributed by atoms with E-state index in [9.17, 15) is 14.4 Å². The average molecular weight is 662 g/mol. The van der Waals surface area contributed by atoms with Crippen LogP contribution in [-0.4, -0.2) is 61.8 Å². The van der Waals surface area contributed by atoms with Crippen LogP contribution in [0.2, 0.25) is 29.7 Å². The van der Waals surface area contributed by atoms with E-state index < -0.39 is 37.0 Å². The number of piperidine rings is 1. The summed E-state index contributed by atoms with van der Waals surface area (Å²) in [5.41, 5.74) is 1.25. The number of nitrogens with one attached hydrogen (secondary N) is 1. The molecular formula is C34H46Cl2N2O5Si. The minimum atomic E-state index is -1.24. The molecule has 44 heavy (non-hydrogen) atoms. The first-order valence-corrected chi connectivity index (χ1v) is 19.3. The molecule has 0 aromatic heterocycles. The van der Waals surface area contributed by atoms with Crippen LogP contribution in [0.25, 0.3) is 0 Å². The van der Waals surface area contributed by atoms with E-state index in [2.05, 4.69) is 38.5 Å². The molecule has 2 aliphatic rings. The SMILES string of the molecule is C=C(CC)[C@H]1N(CC(=O)OC(C)(C)C)C(=O)C[C@@H](c2cccc(Cl)c2)[C@]12C(=O)Nc1cc(Cl)ccc12.COC(C)[Si](C)(C)C. The molecule has 0 radical (unpaired) electrons. The first-order valence-electron chi connectivity index (χ1n) is 15.0. The number of hydrogen-bond donors (Lipinski definition) is 1. The van der Waals surface area contributed by atoms with Gasteiger partial charge in [-0.15, -0.1) is 0 Å². The van der Waals surface area contributed by atoms with Crippen molar-refractivity contribution in [1.82, 2.24) is 4.90 Å². The molecule has 10 heteroatoms. The third-order valence-electron chi connectivity index (χ3n) is 8.43. The molecule has 240 valence electrons. The van der Waals surface area contributed by atoms with Gasteiger partial charge in [-0.05, 0) is 69.5 Å². The fourth-order valence-corrected chi connectivity index (χ4v) is 6.94. The Bertz CT molecular complexity index is 1420. The van der Waals surface area contributed by atoms with Gasteiger partial charge in [0, 0.05) is 40.9 Å². The number of hydrogen-bond acceptors (Lipinski definition) is 5. The zero-order valence-electron chi connectivity index (χ0n) is 27.3. The summed E-state index contributed by atoms with van der Waals surface area (Å²) in [5, 5.41) is 3.98. The van der Waals surface area contributed by atoms with Crippen LogP contribution in [0.3, 0.4) is 0 Å². The van der Waals surface area contributed by atoms with Gasteiger partial charge in [0.1, 0.15) is 17.6 Å². The summed E-state index contributed by atoms with van der Waals surface area (Å²) in [7, 11) is 0.798. The highest BCUT2D eigenvalue weighted by Gasteiger charge is 2.63. The Labute approximate surface area is 273 Å². The predicted molar refractivity (Wildman–Crippen MR) is 181 cm³/mol. The van der Waals surface area contributed by atoms with Crippen LogP contribution < -0.4 is 5.32 Å². The maximum absolute atomic E-state index is 14.1. The number of esters is 1. The van der Waals surface area contributed by atoms with Gasteiger partial charge in [-0.2, -0.15) is 0 Å². The average Bonchev–Trinajstić information content (AvgIpc) is 3.19. The quantitative estimate of drug-likeness (QED) is 0.186. The number of fused-ring (bicyclic) bond motifs is 2. The van der Waals surface area contributed by atoms with Gasteiger partial charge >= 0.3 is 5.97 Å². The van der Waals surface area contributed by atoms with E-state index in [-0.39, 0.29) is 24.8 Å². The van der Waals surface area contributed by atoms with Gasteiger partial charge in [-0.3, -0.25) is 14.4 Å². The third kappa shape index (κ3) is 7.58. The van der Waals surface area contributed by atoms with Crippen molar-refractivity contribution in [3.05, 3.63) is 75.8 Å². The summed E-state index contributed by atoms with van der Waals surface area (Å²) in [6.45, 7) is 20.3. The highest BCUT2D eigenvalue weighted by molar-refractivity contribution is 6.77. The largest absolute Gasteiger partial charge is 0.459 e. The Balaban J connectivity index is 0.000000583. The molecule has 1 N–H and O–H groups in total. The zero-order valence-corrected chi connectivity index (χ0v) is 29.9. The van der Waals surface area contributed by atoms with Gasteiger partial charge in [0.15, 0.2) is 0 Å². The summed E-state index contributed by atoms with van der Waals surface area (Å²) in [6.07, 6.45) is 0.509. The van der Waals surface area contributed by atoms with Gasteiger partial charge in [0.25, 0.3) is 0 Å². The van der Waals surface area contributed by atoms with Gasteiger partial charge in [0.2, 0.25) is 11.8 Å². The fourth-order valence-electron chi connectivity index (χ4n) is 5.86. The minimum absolute atomic E-state index is 0.00607. The molecule has 7 nitrogen and oxygen atoms in total. The van der Waals surface area contributed by atoms with Crippen LogP contribution >= 0.6 is 23.2 Å². The molecule has 1 spiro atoms. The highest BCUT2D eigenvalue weighted by atomic mass is 35.5. The number of ether oxygens (including phenoxy) is 2. The monoisotopic (exact) mass is 660 g/mol. The Morgan fingerprint density at radius 2 is 1.77 bits per heavy atom. The number of halogens is 2. The number of amides is 2. The highest BCUT2D eigenvalue weighted by Crippen LogP contribution is 2.56. The number of carbonyl (C=O) groups is 3. The number of nitrogens with zero attached hydrogens (tertiary/aromatic N) is 1. The molecule has 1 fully saturated rings. The lowest BCUT2D eigenvalue weighted by atomic mass is 9.58. The predicted octanol–water partition coefficient (Wildman–Crippen LogP) is 7.77. The zero-order chi connectivity index (χ0) is 33.2. The van der Waals surface area contributed by atoms with E-state index in [1.165, 1.54) is 4.90 Å². The lowest BCUT2D eigenvalue weighted by Gasteiger charge is -2.51. The van der Waals surface area contributed by atoms with Crippen molar-refractivity contribution in [2.75, 3.05) is 19.0 Å². The van der Waals surface area contributed by atoms with Gasteiger partial charge in [0.05, 0.1) is 14.1 Å². The van der Waals surface area contributed by atoms with E-state index >= 15 is 0 Å². The second-order valence-corrected chi connectivity index (χ2v) is 20.0. The van der Waals surface area contributed by atoms with Crippen molar-refractivity contribution in [2.45, 2.75) is 95.8 Å². The summed E-state index contributed by atoms with van der Waals surface area (Å²) in [6, 6.07) is 11.7. The lowest BCUT2D eigenvalue weighted by molar-refractivity contribution is -0.163. The smallest absolute Gasteiger partial charge is 0.326 e. The molecule has 0 aliphatic carbocycles. The Kier molecular flexibility index (Phi) is 11.2. The first-order chi connectivity index (χ1) is 20.4. The van der Waals surface area contributed by atoms with Crippen LogP contribution in [0.5, 0.6) is 0 Å². The van der Waals surface area contributed by atoms with Crippen LogP contribution in [0.15, 0.2) is 54.6 Å². The van der Waals surface area contributed by atoms with Crippen molar-refractivity contribution < 1.29 is 23.9 Å². The van der Waals surface area contributed by atoms with Crippen molar-refractivity contribution in [3.63, 3.8) is 0 Å². The van der Waals surface area contributed by atoms with E-state index in [0.717, 1.165) is 5.56 Å². The number of methoxy groups -OCH3 is 1. The molecule has 1 saturated heterocycles. The second kappa shape index (κ2) is 13.8. The summed E-state index contributed by atoms with van der Waals surface area (Å²) < 4.78 is 10.7. The molecule has 4 rings (SSSR count). The van der Waals surface area contributed by atoms with Crippen molar-refractivity contribution in [1.29, 1.82) is 0 Å². The van der Waals surface area contributed by atoms with E-state index in [1.807, 2.05) is 25.1 Å². The molecule has 2 aromatic rings. The Morgan fingerprint density at radius 1 is 1.14 bits per heavy atom. The van der Waals surface area contributed by atoms with Crippen LogP contribution in [-0.2, 0) is 29.3 Å².